The topological polar surface area (TPSA) is 83.1 Å². The van der Waals surface area contributed by atoms with Crippen LogP contribution in [-0.4, -0.2) is 33.3 Å². The highest BCUT2D eigenvalue weighted by molar-refractivity contribution is 6.00. The number of nitrogens with one attached hydrogen (secondary N) is 1. The van der Waals surface area contributed by atoms with Crippen LogP contribution in [0.4, 0.5) is 13.2 Å². The predicted molar refractivity (Wildman–Crippen MR) is 124 cm³/mol. The third-order valence-electron chi connectivity index (χ3n) is 5.78. The molecule has 0 saturated carbocycles. The number of rotatable bonds is 7. The van der Waals surface area contributed by atoms with Gasteiger partial charge in [-0.3, -0.25) is 0 Å². The largest absolute Gasteiger partial charge is 0.493 e. The van der Waals surface area contributed by atoms with E-state index in [2.05, 4.69) is 5.32 Å². The summed E-state index contributed by atoms with van der Waals surface area (Å²) in [6, 6.07) is 9.72. The van der Waals surface area contributed by atoms with E-state index < -0.39 is 29.6 Å². The molecule has 0 amide bonds. The maximum Gasteiger partial charge on any atom is 0.416 e. The monoisotopic (exact) mass is 505 g/mol. The zero-order valence-electron chi connectivity index (χ0n) is 20.4. The van der Waals surface area contributed by atoms with Gasteiger partial charge in [0, 0.05) is 11.4 Å². The van der Waals surface area contributed by atoms with Crippen molar-refractivity contribution in [2.75, 3.05) is 21.3 Å². The fourth-order valence-electron chi connectivity index (χ4n) is 4.16. The lowest BCUT2D eigenvalue weighted by atomic mass is 9.78. The molecule has 2 aromatic rings. The van der Waals surface area contributed by atoms with Crippen molar-refractivity contribution in [2.45, 2.75) is 32.5 Å². The first-order valence-electron chi connectivity index (χ1n) is 10.8. The molecule has 10 heteroatoms. The molecule has 192 valence electrons. The van der Waals surface area contributed by atoms with Crippen LogP contribution in [0.1, 0.15) is 36.5 Å². The number of carbonyl (C=O) groups is 2. The highest BCUT2D eigenvalue weighted by Gasteiger charge is 2.43. The second-order valence-corrected chi connectivity index (χ2v) is 7.98. The maximum absolute atomic E-state index is 13.9. The van der Waals surface area contributed by atoms with Gasteiger partial charge < -0.3 is 24.3 Å². The fraction of sp³-hybridized carbons (Fsp3) is 0.308. The Balaban J connectivity index is 2.05. The molecule has 7 nitrogen and oxygen atoms in total. The molecule has 0 fully saturated rings. The van der Waals surface area contributed by atoms with Crippen molar-refractivity contribution in [3.63, 3.8) is 0 Å². The first-order chi connectivity index (χ1) is 17.0. The number of alkyl halides is 3. The molecular formula is C26H26F3NO6. The third-order valence-corrected chi connectivity index (χ3v) is 5.78. The lowest BCUT2D eigenvalue weighted by Gasteiger charge is -2.31. The van der Waals surface area contributed by atoms with Crippen molar-refractivity contribution in [1.82, 2.24) is 5.32 Å². The molecular weight excluding hydrogens is 479 g/mol. The number of benzene rings is 2. The van der Waals surface area contributed by atoms with Crippen LogP contribution < -0.4 is 14.8 Å². The van der Waals surface area contributed by atoms with Gasteiger partial charge in [0.15, 0.2) is 11.5 Å². The van der Waals surface area contributed by atoms with E-state index in [1.807, 2.05) is 0 Å². The summed E-state index contributed by atoms with van der Waals surface area (Å²) in [5.41, 5.74) is -0.365. The number of dihydropyridines is 1. The van der Waals surface area contributed by atoms with Gasteiger partial charge in [-0.2, -0.15) is 13.2 Å². The van der Waals surface area contributed by atoms with Gasteiger partial charge in [0.1, 0.15) is 6.61 Å². The van der Waals surface area contributed by atoms with E-state index in [0.29, 0.717) is 17.1 Å². The Kier molecular flexibility index (Phi) is 7.96. The average molecular weight is 505 g/mol. The second-order valence-electron chi connectivity index (χ2n) is 7.98. The number of hydrogen-bond donors (Lipinski definition) is 1. The van der Waals surface area contributed by atoms with Gasteiger partial charge in [0.25, 0.3) is 0 Å². The molecule has 2 aromatic carbocycles. The normalized spacial score (nSPS) is 15.8. The fourth-order valence-corrected chi connectivity index (χ4v) is 4.16. The zero-order chi connectivity index (χ0) is 26.6. The van der Waals surface area contributed by atoms with Gasteiger partial charge in [-0.05, 0) is 43.2 Å². The number of halogens is 3. The SMILES string of the molecule is COC(=O)C1=C(C)NC(C)=C(C(=O)OCc2ccc(OC)c(OC)c2)[C@@H]1c1ccccc1C(F)(F)F. The second kappa shape index (κ2) is 10.8. The minimum Gasteiger partial charge on any atom is -0.493 e. The molecule has 3 rings (SSSR count). The van der Waals surface area contributed by atoms with Crippen LogP contribution in [0.5, 0.6) is 11.5 Å². The molecule has 1 N–H and O–H groups in total. The van der Waals surface area contributed by atoms with E-state index in [1.54, 1.807) is 18.2 Å². The maximum atomic E-state index is 13.9. The summed E-state index contributed by atoms with van der Waals surface area (Å²) in [5.74, 6) is -2.21. The van der Waals surface area contributed by atoms with Gasteiger partial charge in [-0.15, -0.1) is 0 Å². The van der Waals surface area contributed by atoms with E-state index in [1.165, 1.54) is 46.3 Å². The third kappa shape index (κ3) is 5.32. The minimum absolute atomic E-state index is 0.113. The number of carbonyl (C=O) groups excluding carboxylic acids is 2. The summed E-state index contributed by atoms with van der Waals surface area (Å²) in [7, 11) is 4.06. The van der Waals surface area contributed by atoms with E-state index >= 15 is 0 Å². The first kappa shape index (κ1) is 26.7. The van der Waals surface area contributed by atoms with Gasteiger partial charge in [0.05, 0.1) is 44.0 Å². The molecule has 0 saturated heterocycles. The van der Waals surface area contributed by atoms with Gasteiger partial charge >= 0.3 is 18.1 Å². The molecule has 1 aliphatic heterocycles. The van der Waals surface area contributed by atoms with Gasteiger partial charge in [-0.1, -0.05) is 24.3 Å². The zero-order valence-corrected chi connectivity index (χ0v) is 20.4. The summed E-state index contributed by atoms with van der Waals surface area (Å²) in [6.45, 7) is 2.87. The summed E-state index contributed by atoms with van der Waals surface area (Å²) in [5, 5.41) is 2.90. The van der Waals surface area contributed by atoms with Crippen LogP contribution in [0, 0.1) is 0 Å². The summed E-state index contributed by atoms with van der Waals surface area (Å²) in [6.07, 6.45) is -4.72. The van der Waals surface area contributed by atoms with Crippen LogP contribution in [0.15, 0.2) is 65.0 Å². The van der Waals surface area contributed by atoms with Crippen LogP contribution in [0.3, 0.4) is 0 Å². The van der Waals surface area contributed by atoms with Crippen molar-refractivity contribution in [2.24, 2.45) is 0 Å². The molecule has 1 aliphatic rings. The van der Waals surface area contributed by atoms with Crippen LogP contribution in [0.25, 0.3) is 0 Å². The Morgan fingerprint density at radius 3 is 2.08 bits per heavy atom. The quantitative estimate of drug-likeness (QED) is 0.538. The Morgan fingerprint density at radius 2 is 1.50 bits per heavy atom. The van der Waals surface area contributed by atoms with E-state index in [-0.39, 0.29) is 34.7 Å². The lowest BCUT2D eigenvalue weighted by molar-refractivity contribution is -0.142. The van der Waals surface area contributed by atoms with Gasteiger partial charge in [-0.25, -0.2) is 9.59 Å². The lowest BCUT2D eigenvalue weighted by Crippen LogP contribution is -2.33. The number of methoxy groups -OCH3 is 3. The van der Waals surface area contributed by atoms with Crippen molar-refractivity contribution < 1.29 is 41.7 Å². The standard InChI is InChI=1S/C26H26F3NO6/c1-14-21(24(31)35-5)23(17-8-6-7-9-18(17)26(27,28)29)22(15(2)30-14)25(32)36-13-16-10-11-19(33-3)20(12-16)34-4/h6-12,23,30H,13H2,1-5H3/t23-/m1/s1. The molecule has 36 heavy (non-hydrogen) atoms. The Hall–Kier alpha value is -3.95. The number of allylic oxidation sites excluding steroid dienone is 2. The van der Waals surface area contributed by atoms with E-state index in [4.69, 9.17) is 18.9 Å². The molecule has 0 unspecified atom stereocenters. The summed E-state index contributed by atoms with van der Waals surface area (Å²) in [4.78, 5) is 26.0. The molecule has 1 atom stereocenters. The van der Waals surface area contributed by atoms with E-state index in [0.717, 1.165) is 13.2 Å². The molecule has 0 spiro atoms. The van der Waals surface area contributed by atoms with Crippen molar-refractivity contribution in [3.05, 3.63) is 81.7 Å². The highest BCUT2D eigenvalue weighted by atomic mass is 19.4. The minimum atomic E-state index is -4.72. The van der Waals surface area contributed by atoms with Crippen LogP contribution in [0.2, 0.25) is 0 Å². The molecule has 0 aliphatic carbocycles. The molecule has 1 heterocycles. The Bertz CT molecular complexity index is 1230. The smallest absolute Gasteiger partial charge is 0.416 e. The Morgan fingerprint density at radius 1 is 0.889 bits per heavy atom. The highest BCUT2D eigenvalue weighted by Crippen LogP contribution is 2.44. The molecule has 0 bridgehead atoms. The van der Waals surface area contributed by atoms with Crippen molar-refractivity contribution in [1.29, 1.82) is 0 Å². The van der Waals surface area contributed by atoms with Crippen molar-refractivity contribution in [3.8, 4) is 11.5 Å². The molecule has 0 radical (unpaired) electrons. The molecule has 0 aromatic heterocycles. The first-order valence-corrected chi connectivity index (χ1v) is 10.8. The Labute approximate surface area is 206 Å². The number of hydrogen-bond acceptors (Lipinski definition) is 7. The van der Waals surface area contributed by atoms with E-state index in [9.17, 15) is 22.8 Å². The van der Waals surface area contributed by atoms with Crippen molar-refractivity contribution >= 4 is 11.9 Å². The van der Waals surface area contributed by atoms with Crippen LogP contribution >= 0.6 is 0 Å². The number of esters is 2. The number of ether oxygens (including phenoxy) is 4. The van der Waals surface area contributed by atoms with Crippen LogP contribution in [-0.2, 0) is 31.8 Å². The van der Waals surface area contributed by atoms with Gasteiger partial charge in [0.2, 0.25) is 0 Å². The average Bonchev–Trinajstić information content (AvgIpc) is 2.85. The predicted octanol–water partition coefficient (Wildman–Crippen LogP) is 4.87. The summed E-state index contributed by atoms with van der Waals surface area (Å²) >= 11 is 0. The summed E-state index contributed by atoms with van der Waals surface area (Å²) < 4.78 is 62.6.